The number of thioether (sulfide) groups is 1. The van der Waals surface area contributed by atoms with Crippen LogP contribution in [0, 0.1) is 11.3 Å². The molecular formula is C19H19ClN4OS. The summed E-state index contributed by atoms with van der Waals surface area (Å²) in [6, 6.07) is 7.51. The molecule has 1 aliphatic carbocycles. The van der Waals surface area contributed by atoms with Crippen molar-refractivity contribution >= 4 is 35.1 Å². The predicted molar refractivity (Wildman–Crippen MR) is 103 cm³/mol. The van der Waals surface area contributed by atoms with Gasteiger partial charge in [-0.05, 0) is 55.9 Å². The van der Waals surface area contributed by atoms with Crippen LogP contribution in [-0.4, -0.2) is 21.1 Å². The van der Waals surface area contributed by atoms with E-state index in [9.17, 15) is 10.1 Å². The quantitative estimate of drug-likeness (QED) is 0.771. The van der Waals surface area contributed by atoms with Gasteiger partial charge in [-0.2, -0.15) is 5.26 Å². The molecule has 2 aromatic heterocycles. The number of aryl methyl sites for hydroxylation is 2. The van der Waals surface area contributed by atoms with Gasteiger partial charge in [-0.15, -0.1) is 0 Å². The molecule has 26 heavy (non-hydrogen) atoms. The fourth-order valence-electron chi connectivity index (χ4n) is 2.90. The van der Waals surface area contributed by atoms with Gasteiger partial charge in [0.15, 0.2) is 0 Å². The molecule has 0 saturated carbocycles. The average Bonchev–Trinajstić information content (AvgIpc) is 2.67. The molecule has 134 valence electrons. The molecular weight excluding hydrogens is 368 g/mol. The molecule has 0 aromatic carbocycles. The molecule has 5 nitrogen and oxygen atoms in total. The molecule has 0 spiro atoms. The maximum atomic E-state index is 12.6. The lowest BCUT2D eigenvalue weighted by Crippen LogP contribution is -2.25. The summed E-state index contributed by atoms with van der Waals surface area (Å²) in [6.07, 6.45) is 6.28. The second kappa shape index (κ2) is 8.52. The fourth-order valence-corrected chi connectivity index (χ4v) is 4.01. The molecule has 2 aromatic rings. The lowest BCUT2D eigenvalue weighted by molar-refractivity contribution is -0.115. The smallest absolute Gasteiger partial charge is 0.239 e. The van der Waals surface area contributed by atoms with E-state index in [0.717, 1.165) is 31.4 Å². The molecule has 1 N–H and O–H groups in total. The van der Waals surface area contributed by atoms with Gasteiger partial charge in [0.2, 0.25) is 5.91 Å². The number of pyridine rings is 2. The number of nitrogens with zero attached hydrogens (tertiary/aromatic N) is 3. The van der Waals surface area contributed by atoms with Crippen LogP contribution in [-0.2, 0) is 17.6 Å². The Balaban J connectivity index is 1.78. The fraction of sp³-hybridized carbons (Fsp3) is 0.368. The maximum absolute atomic E-state index is 12.6. The van der Waals surface area contributed by atoms with Crippen LogP contribution in [0.5, 0.6) is 0 Å². The average molecular weight is 387 g/mol. The summed E-state index contributed by atoms with van der Waals surface area (Å²) in [4.78, 5) is 21.4. The summed E-state index contributed by atoms with van der Waals surface area (Å²) in [5.41, 5.74) is 2.78. The van der Waals surface area contributed by atoms with Crippen molar-refractivity contribution in [2.75, 3.05) is 5.32 Å². The summed E-state index contributed by atoms with van der Waals surface area (Å²) >= 11 is 7.16. The van der Waals surface area contributed by atoms with Crippen LogP contribution < -0.4 is 5.32 Å². The van der Waals surface area contributed by atoms with Gasteiger partial charge in [0.05, 0.1) is 15.8 Å². The number of carbonyl (C=O) groups is 1. The van der Waals surface area contributed by atoms with E-state index in [4.69, 9.17) is 16.6 Å². The molecule has 2 heterocycles. The van der Waals surface area contributed by atoms with E-state index in [-0.39, 0.29) is 11.2 Å². The zero-order chi connectivity index (χ0) is 18.5. The van der Waals surface area contributed by atoms with Gasteiger partial charge in [0.25, 0.3) is 0 Å². The monoisotopic (exact) mass is 386 g/mol. The molecule has 7 heteroatoms. The van der Waals surface area contributed by atoms with Gasteiger partial charge in [0.1, 0.15) is 16.9 Å². The lowest BCUT2D eigenvalue weighted by Gasteiger charge is -2.19. The predicted octanol–water partition coefficient (Wildman–Crippen LogP) is 4.39. The van der Waals surface area contributed by atoms with Gasteiger partial charge in [-0.25, -0.2) is 9.97 Å². The highest BCUT2D eigenvalue weighted by atomic mass is 35.5. The number of rotatable bonds is 5. The number of amides is 1. The first-order valence-corrected chi connectivity index (χ1v) is 9.88. The number of hydrogen-bond donors (Lipinski definition) is 1. The zero-order valence-electron chi connectivity index (χ0n) is 14.5. The molecule has 0 bridgehead atoms. The summed E-state index contributed by atoms with van der Waals surface area (Å²) < 4.78 is 0. The first-order valence-electron chi connectivity index (χ1n) is 8.62. The molecule has 1 amide bonds. The topological polar surface area (TPSA) is 78.7 Å². The zero-order valence-corrected chi connectivity index (χ0v) is 16.0. The van der Waals surface area contributed by atoms with Gasteiger partial charge in [0, 0.05) is 11.9 Å². The van der Waals surface area contributed by atoms with Crippen LogP contribution in [0.4, 0.5) is 5.82 Å². The minimum atomic E-state index is -0.353. The molecule has 0 saturated heterocycles. The van der Waals surface area contributed by atoms with Crippen molar-refractivity contribution in [3.63, 3.8) is 0 Å². The van der Waals surface area contributed by atoms with E-state index < -0.39 is 0 Å². The van der Waals surface area contributed by atoms with Crippen LogP contribution >= 0.6 is 23.4 Å². The Morgan fingerprint density at radius 3 is 2.92 bits per heavy atom. The number of nitriles is 1. The van der Waals surface area contributed by atoms with Gasteiger partial charge >= 0.3 is 0 Å². The second-order valence-electron chi connectivity index (χ2n) is 6.13. The van der Waals surface area contributed by atoms with Crippen LogP contribution in [0.1, 0.15) is 43.0 Å². The Morgan fingerprint density at radius 2 is 2.23 bits per heavy atom. The number of nitrogens with one attached hydrogen (secondary N) is 1. The molecule has 1 aliphatic rings. The van der Waals surface area contributed by atoms with E-state index in [2.05, 4.69) is 16.4 Å². The first kappa shape index (κ1) is 18.7. The Bertz CT molecular complexity index is 848. The highest BCUT2D eigenvalue weighted by molar-refractivity contribution is 8.00. The highest BCUT2D eigenvalue weighted by Gasteiger charge is 2.23. The number of aromatic nitrogens is 2. The van der Waals surface area contributed by atoms with Gasteiger partial charge < -0.3 is 5.32 Å². The largest absolute Gasteiger partial charge is 0.310 e. The third-order valence-corrected chi connectivity index (χ3v) is 5.87. The molecule has 3 rings (SSSR count). The van der Waals surface area contributed by atoms with Crippen molar-refractivity contribution in [3.8, 4) is 6.07 Å². The Kier molecular flexibility index (Phi) is 6.12. The lowest BCUT2D eigenvalue weighted by atomic mass is 9.95. The third kappa shape index (κ3) is 4.35. The second-order valence-corrected chi connectivity index (χ2v) is 7.76. The number of anilines is 1. The van der Waals surface area contributed by atoms with E-state index in [1.54, 1.807) is 12.1 Å². The van der Waals surface area contributed by atoms with Gasteiger partial charge in [-0.3, -0.25) is 4.79 Å². The number of carbonyl (C=O) groups excluding carboxylic acids is 1. The summed E-state index contributed by atoms with van der Waals surface area (Å²) in [6.45, 7) is 1.94. The SMILES string of the molecule is CCC(Sc1nc2c(cc1C#N)CCCC2)C(=O)Nc1ccc(Cl)cn1. The maximum Gasteiger partial charge on any atom is 0.239 e. The molecule has 0 aliphatic heterocycles. The first-order chi connectivity index (χ1) is 12.6. The van der Waals surface area contributed by atoms with Gasteiger partial charge in [-0.1, -0.05) is 30.3 Å². The summed E-state index contributed by atoms with van der Waals surface area (Å²) in [5, 5.41) is 13.1. The van der Waals surface area contributed by atoms with Crippen molar-refractivity contribution in [3.05, 3.63) is 46.2 Å². The van der Waals surface area contributed by atoms with E-state index in [1.807, 2.05) is 13.0 Å². The Labute approximate surface area is 162 Å². The van der Waals surface area contributed by atoms with Crippen LogP contribution in [0.3, 0.4) is 0 Å². The van der Waals surface area contributed by atoms with Crippen molar-refractivity contribution in [2.24, 2.45) is 0 Å². The normalized spacial score (nSPS) is 14.2. The van der Waals surface area contributed by atoms with Crippen molar-refractivity contribution < 1.29 is 4.79 Å². The molecule has 1 unspecified atom stereocenters. The number of hydrogen-bond acceptors (Lipinski definition) is 5. The van der Waals surface area contributed by atoms with Crippen LogP contribution in [0.15, 0.2) is 29.4 Å². The molecule has 0 fully saturated rings. The summed E-state index contributed by atoms with van der Waals surface area (Å²) in [7, 11) is 0. The van der Waals surface area contributed by atoms with Crippen LogP contribution in [0.2, 0.25) is 5.02 Å². The van der Waals surface area contributed by atoms with Crippen LogP contribution in [0.25, 0.3) is 0 Å². The third-order valence-electron chi connectivity index (χ3n) is 4.28. The van der Waals surface area contributed by atoms with E-state index >= 15 is 0 Å². The minimum Gasteiger partial charge on any atom is -0.310 e. The molecule has 1 atom stereocenters. The number of halogens is 1. The standard InChI is InChI=1S/C19H19ClN4OS/c1-2-16(18(25)24-17-8-7-14(20)11-22-17)26-19-13(10-21)9-12-5-3-4-6-15(12)23-19/h7-9,11,16H,2-6H2,1H3,(H,22,24,25). The van der Waals surface area contributed by atoms with E-state index in [0.29, 0.717) is 27.9 Å². The minimum absolute atomic E-state index is 0.157. The van der Waals surface area contributed by atoms with E-state index in [1.165, 1.54) is 23.5 Å². The number of fused-ring (bicyclic) bond motifs is 1. The summed E-state index contributed by atoms with van der Waals surface area (Å²) in [5.74, 6) is 0.299. The Morgan fingerprint density at radius 1 is 1.42 bits per heavy atom. The van der Waals surface area contributed by atoms with Crippen molar-refractivity contribution in [1.29, 1.82) is 5.26 Å². The van der Waals surface area contributed by atoms with Crippen molar-refractivity contribution in [1.82, 2.24) is 9.97 Å². The molecule has 0 radical (unpaired) electrons. The highest BCUT2D eigenvalue weighted by Crippen LogP contribution is 2.31. The van der Waals surface area contributed by atoms with Crippen molar-refractivity contribution in [2.45, 2.75) is 49.3 Å². The Hall–Kier alpha value is -2.10.